The number of hydrogen-bond donors (Lipinski definition) is 1. The first kappa shape index (κ1) is 20.4. The van der Waals surface area contributed by atoms with Gasteiger partial charge < -0.3 is 10.2 Å². The van der Waals surface area contributed by atoms with E-state index in [1.165, 1.54) is 23.1 Å². The molecule has 150 valence electrons. The fraction of sp³-hybridized carbons (Fsp3) is 0.182. The third kappa shape index (κ3) is 4.74. The number of anilines is 1. The molecule has 0 saturated heterocycles. The number of carbonyl (C=O) groups excluding carboxylic acids is 2. The maximum absolute atomic E-state index is 13.1. The summed E-state index contributed by atoms with van der Waals surface area (Å²) in [5.74, 6) is -1.06. The van der Waals surface area contributed by atoms with Gasteiger partial charge in [0, 0.05) is 12.1 Å². The summed E-state index contributed by atoms with van der Waals surface area (Å²) >= 11 is 0. The monoisotopic (exact) mass is 400 g/mol. The number of amides is 2. The van der Waals surface area contributed by atoms with E-state index in [4.69, 9.17) is 0 Å². The minimum atomic E-state index is -4.59. The summed E-state index contributed by atoms with van der Waals surface area (Å²) in [5, 5.41) is 4.13. The Labute approximate surface area is 165 Å². The van der Waals surface area contributed by atoms with Crippen LogP contribution in [-0.2, 0) is 11.0 Å². The van der Waals surface area contributed by atoms with Crippen LogP contribution in [0.2, 0.25) is 0 Å². The van der Waals surface area contributed by atoms with Crippen LogP contribution in [0.4, 0.5) is 18.9 Å². The maximum atomic E-state index is 13.1. The normalized spacial score (nSPS) is 11.3. The topological polar surface area (TPSA) is 49.4 Å². The minimum absolute atomic E-state index is 0.236. The van der Waals surface area contributed by atoms with Crippen LogP contribution in [0.3, 0.4) is 0 Å². The van der Waals surface area contributed by atoms with Gasteiger partial charge in [0.05, 0.1) is 11.3 Å². The Kier molecular flexibility index (Phi) is 5.87. The van der Waals surface area contributed by atoms with E-state index in [2.05, 4.69) is 5.32 Å². The molecular formula is C22H19F3N2O2. The van der Waals surface area contributed by atoms with Crippen molar-refractivity contribution >= 4 is 28.3 Å². The molecule has 0 heterocycles. The van der Waals surface area contributed by atoms with Crippen molar-refractivity contribution < 1.29 is 22.8 Å². The van der Waals surface area contributed by atoms with Crippen molar-refractivity contribution in [3.63, 3.8) is 0 Å². The number of nitrogens with one attached hydrogen (secondary N) is 1. The summed E-state index contributed by atoms with van der Waals surface area (Å²) in [7, 11) is 0. The molecule has 0 atom stereocenters. The zero-order valence-corrected chi connectivity index (χ0v) is 15.7. The van der Waals surface area contributed by atoms with Gasteiger partial charge in [-0.3, -0.25) is 9.59 Å². The molecule has 0 fully saturated rings. The quantitative estimate of drug-likeness (QED) is 0.658. The Hall–Kier alpha value is -3.35. The van der Waals surface area contributed by atoms with Crippen molar-refractivity contribution in [2.75, 3.05) is 18.4 Å². The summed E-state index contributed by atoms with van der Waals surface area (Å²) in [6.07, 6.45) is -4.59. The van der Waals surface area contributed by atoms with Crippen LogP contribution in [0.1, 0.15) is 22.8 Å². The van der Waals surface area contributed by atoms with E-state index in [1.807, 2.05) is 30.3 Å². The van der Waals surface area contributed by atoms with Crippen LogP contribution in [-0.4, -0.2) is 29.8 Å². The predicted octanol–water partition coefficient (Wildman–Crippen LogP) is 4.96. The highest BCUT2D eigenvalue weighted by molar-refractivity contribution is 6.01. The zero-order chi connectivity index (χ0) is 21.0. The summed E-state index contributed by atoms with van der Waals surface area (Å²) in [6.45, 7) is 1.59. The molecule has 0 radical (unpaired) electrons. The van der Waals surface area contributed by atoms with Crippen molar-refractivity contribution in [2.24, 2.45) is 0 Å². The SMILES string of the molecule is CCN(CC(=O)Nc1ccccc1C(F)(F)F)C(=O)c1ccc2ccccc2c1. The van der Waals surface area contributed by atoms with Crippen LogP contribution < -0.4 is 5.32 Å². The molecular weight excluding hydrogens is 381 g/mol. The highest BCUT2D eigenvalue weighted by Crippen LogP contribution is 2.34. The van der Waals surface area contributed by atoms with Crippen LogP contribution >= 0.6 is 0 Å². The van der Waals surface area contributed by atoms with Crippen LogP contribution in [0.25, 0.3) is 10.8 Å². The number of carbonyl (C=O) groups is 2. The highest BCUT2D eigenvalue weighted by Gasteiger charge is 2.33. The molecule has 0 aliphatic heterocycles. The molecule has 0 aromatic heterocycles. The Morgan fingerprint density at radius 2 is 1.59 bits per heavy atom. The van der Waals surface area contributed by atoms with Crippen molar-refractivity contribution in [3.8, 4) is 0 Å². The molecule has 0 aliphatic rings. The third-order valence-corrected chi connectivity index (χ3v) is 4.51. The third-order valence-electron chi connectivity index (χ3n) is 4.51. The van der Waals surface area contributed by atoms with E-state index in [1.54, 1.807) is 19.1 Å². The number of hydrogen-bond acceptors (Lipinski definition) is 2. The fourth-order valence-corrected chi connectivity index (χ4v) is 3.03. The number of rotatable bonds is 5. The van der Waals surface area contributed by atoms with Gasteiger partial charge in [-0.25, -0.2) is 0 Å². The molecule has 3 aromatic carbocycles. The minimum Gasteiger partial charge on any atom is -0.330 e. The fourth-order valence-electron chi connectivity index (χ4n) is 3.03. The Morgan fingerprint density at radius 3 is 2.28 bits per heavy atom. The first-order valence-electron chi connectivity index (χ1n) is 9.03. The van der Waals surface area contributed by atoms with Gasteiger partial charge in [0.15, 0.2) is 0 Å². The highest BCUT2D eigenvalue weighted by atomic mass is 19.4. The molecule has 0 unspecified atom stereocenters. The van der Waals surface area contributed by atoms with E-state index < -0.39 is 17.6 Å². The largest absolute Gasteiger partial charge is 0.418 e. The molecule has 1 N–H and O–H groups in total. The van der Waals surface area contributed by atoms with Gasteiger partial charge in [0.25, 0.3) is 5.91 Å². The lowest BCUT2D eigenvalue weighted by Gasteiger charge is -2.21. The van der Waals surface area contributed by atoms with Crippen LogP contribution in [0.5, 0.6) is 0 Å². The van der Waals surface area contributed by atoms with Gasteiger partial charge in [0.1, 0.15) is 6.54 Å². The van der Waals surface area contributed by atoms with E-state index in [0.29, 0.717) is 5.56 Å². The lowest BCUT2D eigenvalue weighted by atomic mass is 10.1. The second-order valence-electron chi connectivity index (χ2n) is 6.47. The second-order valence-corrected chi connectivity index (χ2v) is 6.47. The van der Waals surface area contributed by atoms with Crippen LogP contribution in [0, 0.1) is 0 Å². The molecule has 0 bridgehead atoms. The summed E-state index contributed by atoms with van der Waals surface area (Å²) < 4.78 is 39.3. The molecule has 29 heavy (non-hydrogen) atoms. The first-order valence-corrected chi connectivity index (χ1v) is 9.03. The number of benzene rings is 3. The number of fused-ring (bicyclic) bond motifs is 1. The molecule has 4 nitrogen and oxygen atoms in total. The summed E-state index contributed by atoms with van der Waals surface area (Å²) in [5.41, 5.74) is -0.856. The average molecular weight is 400 g/mol. The number of para-hydroxylation sites is 1. The predicted molar refractivity (Wildman–Crippen MR) is 106 cm³/mol. The molecule has 3 rings (SSSR count). The molecule has 0 saturated carbocycles. The van der Waals surface area contributed by atoms with Gasteiger partial charge in [-0.05, 0) is 42.0 Å². The van der Waals surface area contributed by atoms with E-state index in [9.17, 15) is 22.8 Å². The standard InChI is InChI=1S/C22H19F3N2O2/c1-2-27(21(29)17-12-11-15-7-3-4-8-16(15)13-17)14-20(28)26-19-10-6-5-9-18(19)22(23,24)25/h3-13H,2,14H2,1H3,(H,26,28). The summed E-state index contributed by atoms with van der Waals surface area (Å²) in [4.78, 5) is 26.4. The first-order chi connectivity index (χ1) is 13.8. The van der Waals surface area contributed by atoms with Gasteiger partial charge in [-0.1, -0.05) is 42.5 Å². The Morgan fingerprint density at radius 1 is 0.931 bits per heavy atom. The Bertz CT molecular complexity index is 1050. The van der Waals surface area contributed by atoms with Crippen LogP contribution in [0.15, 0.2) is 66.7 Å². The van der Waals surface area contributed by atoms with Gasteiger partial charge in [0.2, 0.25) is 5.91 Å². The number of alkyl halides is 3. The molecule has 2 amide bonds. The summed E-state index contributed by atoms with van der Waals surface area (Å²) in [6, 6.07) is 17.5. The molecule has 0 spiro atoms. The molecule has 7 heteroatoms. The zero-order valence-electron chi connectivity index (χ0n) is 15.7. The van der Waals surface area contributed by atoms with Crippen molar-refractivity contribution in [2.45, 2.75) is 13.1 Å². The average Bonchev–Trinajstić information content (AvgIpc) is 2.70. The van der Waals surface area contributed by atoms with Crippen molar-refractivity contribution in [3.05, 3.63) is 77.9 Å². The number of nitrogens with zero attached hydrogens (tertiary/aromatic N) is 1. The van der Waals surface area contributed by atoms with E-state index in [-0.39, 0.29) is 24.7 Å². The van der Waals surface area contributed by atoms with Crippen molar-refractivity contribution in [1.82, 2.24) is 4.90 Å². The van der Waals surface area contributed by atoms with Gasteiger partial charge >= 0.3 is 6.18 Å². The second kappa shape index (κ2) is 8.34. The number of halogens is 3. The van der Waals surface area contributed by atoms with E-state index >= 15 is 0 Å². The van der Waals surface area contributed by atoms with Gasteiger partial charge in [-0.15, -0.1) is 0 Å². The lowest BCUT2D eigenvalue weighted by Crippen LogP contribution is -2.38. The van der Waals surface area contributed by atoms with Gasteiger partial charge in [-0.2, -0.15) is 13.2 Å². The van der Waals surface area contributed by atoms with E-state index in [0.717, 1.165) is 16.8 Å². The smallest absolute Gasteiger partial charge is 0.330 e. The lowest BCUT2D eigenvalue weighted by molar-refractivity contribution is -0.137. The number of likely N-dealkylation sites (N-methyl/N-ethyl adjacent to an activating group) is 1. The molecule has 3 aromatic rings. The Balaban J connectivity index is 1.75. The molecule has 0 aliphatic carbocycles. The van der Waals surface area contributed by atoms with Crippen molar-refractivity contribution in [1.29, 1.82) is 0 Å². The maximum Gasteiger partial charge on any atom is 0.418 e.